The van der Waals surface area contributed by atoms with Crippen LogP contribution in [0.2, 0.25) is 0 Å². The van der Waals surface area contributed by atoms with Gasteiger partial charge in [-0.2, -0.15) is 0 Å². The number of nitrogens with zero attached hydrogens (tertiary/aromatic N) is 2. The molecule has 1 saturated carbocycles. The highest BCUT2D eigenvalue weighted by molar-refractivity contribution is 5.93. The van der Waals surface area contributed by atoms with Gasteiger partial charge in [-0.05, 0) is 37.0 Å². The van der Waals surface area contributed by atoms with E-state index in [-0.39, 0.29) is 12.0 Å². The van der Waals surface area contributed by atoms with Crippen molar-refractivity contribution >= 4 is 5.91 Å². The Balaban J connectivity index is 1.53. The Hall–Kier alpha value is -2.01. The molecule has 2 aromatic heterocycles. The molecule has 1 fully saturated rings. The third-order valence-electron chi connectivity index (χ3n) is 4.42. The zero-order valence-corrected chi connectivity index (χ0v) is 12.5. The lowest BCUT2D eigenvalue weighted by Gasteiger charge is -2.24. The molecule has 4 rings (SSSR count). The van der Waals surface area contributed by atoms with Crippen LogP contribution in [0.4, 0.5) is 0 Å². The summed E-state index contributed by atoms with van der Waals surface area (Å²) in [6.07, 6.45) is 7.71. The van der Waals surface area contributed by atoms with Crippen LogP contribution in [0.1, 0.15) is 28.9 Å². The number of hydrogen-bond acceptors (Lipinski definition) is 3. The Morgan fingerprint density at radius 1 is 1.32 bits per heavy atom. The Kier molecular flexibility index (Phi) is 3.50. The number of aromatic nitrogens is 1. The highest BCUT2D eigenvalue weighted by Crippen LogP contribution is 2.29. The fraction of sp³-hybridized carbons (Fsp3) is 0.471. The van der Waals surface area contributed by atoms with Gasteiger partial charge in [0, 0.05) is 25.0 Å². The van der Waals surface area contributed by atoms with Crippen LogP contribution >= 0.6 is 0 Å². The molecule has 0 N–H and O–H groups in total. The Labute approximate surface area is 129 Å². The van der Waals surface area contributed by atoms with E-state index < -0.39 is 0 Å². The van der Waals surface area contributed by atoms with Crippen molar-refractivity contribution in [3.63, 3.8) is 0 Å². The fourth-order valence-electron chi connectivity index (χ4n) is 2.94. The minimum atomic E-state index is 0.00317. The second-order valence-corrected chi connectivity index (χ2v) is 6.25. The summed E-state index contributed by atoms with van der Waals surface area (Å²) in [6, 6.07) is 5.81. The molecule has 22 heavy (non-hydrogen) atoms. The monoisotopic (exact) mass is 300 g/mol. The van der Waals surface area contributed by atoms with E-state index in [4.69, 9.17) is 9.15 Å². The number of amides is 1. The maximum atomic E-state index is 12.6. The summed E-state index contributed by atoms with van der Waals surface area (Å²) in [4.78, 5) is 14.5. The largest absolute Gasteiger partial charge is 0.472 e. The normalized spacial score (nSPS) is 21.5. The van der Waals surface area contributed by atoms with Crippen LogP contribution in [-0.2, 0) is 17.8 Å². The number of fused-ring (bicyclic) bond motifs is 1. The zero-order valence-electron chi connectivity index (χ0n) is 12.5. The summed E-state index contributed by atoms with van der Waals surface area (Å²) in [6.45, 7) is 2.86. The number of furan rings is 1. The molecule has 0 spiro atoms. The van der Waals surface area contributed by atoms with E-state index in [1.165, 1.54) is 25.4 Å². The lowest BCUT2D eigenvalue weighted by atomic mass is 10.2. The molecule has 1 unspecified atom stereocenters. The van der Waals surface area contributed by atoms with Crippen molar-refractivity contribution < 1.29 is 13.9 Å². The van der Waals surface area contributed by atoms with Gasteiger partial charge < -0.3 is 18.6 Å². The quantitative estimate of drug-likeness (QED) is 0.872. The van der Waals surface area contributed by atoms with E-state index >= 15 is 0 Å². The molecule has 1 atom stereocenters. The van der Waals surface area contributed by atoms with Gasteiger partial charge in [-0.3, -0.25) is 4.79 Å². The van der Waals surface area contributed by atoms with E-state index in [0.717, 1.165) is 24.8 Å². The second kappa shape index (κ2) is 5.65. The van der Waals surface area contributed by atoms with Crippen molar-refractivity contribution in [2.45, 2.75) is 32.0 Å². The minimum Gasteiger partial charge on any atom is -0.472 e. The lowest BCUT2D eigenvalue weighted by molar-refractivity contribution is 0.0150. The number of hydrogen-bond donors (Lipinski definition) is 0. The van der Waals surface area contributed by atoms with Crippen molar-refractivity contribution in [1.82, 2.24) is 9.47 Å². The number of carbonyl (C=O) groups is 1. The molecule has 3 heterocycles. The van der Waals surface area contributed by atoms with Crippen LogP contribution in [0, 0.1) is 5.92 Å². The van der Waals surface area contributed by atoms with Crippen LogP contribution in [0.25, 0.3) is 0 Å². The van der Waals surface area contributed by atoms with Gasteiger partial charge in [-0.25, -0.2) is 0 Å². The first kappa shape index (κ1) is 13.6. The van der Waals surface area contributed by atoms with Crippen molar-refractivity contribution in [2.75, 3.05) is 13.2 Å². The second-order valence-electron chi connectivity index (χ2n) is 6.25. The summed E-state index contributed by atoms with van der Waals surface area (Å²) >= 11 is 0. The predicted octanol–water partition coefficient (Wildman–Crippen LogP) is 2.53. The SMILES string of the molecule is O=C(c1ccoc1)N1Cc2cccn2CC(OCC2CC2)C1. The van der Waals surface area contributed by atoms with Crippen molar-refractivity contribution in [2.24, 2.45) is 5.92 Å². The van der Waals surface area contributed by atoms with Gasteiger partial charge in [0.15, 0.2) is 0 Å². The van der Waals surface area contributed by atoms with Crippen LogP contribution in [0.5, 0.6) is 0 Å². The highest BCUT2D eigenvalue weighted by atomic mass is 16.5. The fourth-order valence-corrected chi connectivity index (χ4v) is 2.94. The van der Waals surface area contributed by atoms with Gasteiger partial charge in [0.05, 0.1) is 31.0 Å². The summed E-state index contributed by atoms with van der Waals surface area (Å²) in [5, 5.41) is 0. The zero-order chi connectivity index (χ0) is 14.9. The summed E-state index contributed by atoms with van der Waals surface area (Å²) in [5.74, 6) is 0.730. The molecular weight excluding hydrogens is 280 g/mol. The van der Waals surface area contributed by atoms with Crippen LogP contribution in [0.15, 0.2) is 41.3 Å². The molecule has 0 saturated heterocycles. The summed E-state index contributed by atoms with van der Waals surface area (Å²) in [5.41, 5.74) is 1.75. The van der Waals surface area contributed by atoms with E-state index in [9.17, 15) is 4.79 Å². The van der Waals surface area contributed by atoms with E-state index in [1.54, 1.807) is 6.07 Å². The Bertz CT molecular complexity index is 643. The van der Waals surface area contributed by atoms with Crippen molar-refractivity contribution in [3.05, 3.63) is 48.2 Å². The van der Waals surface area contributed by atoms with Crippen molar-refractivity contribution in [1.29, 1.82) is 0 Å². The van der Waals surface area contributed by atoms with Gasteiger partial charge in [0.2, 0.25) is 0 Å². The molecule has 0 aromatic carbocycles. The third-order valence-corrected chi connectivity index (χ3v) is 4.42. The molecule has 1 aliphatic heterocycles. The first-order valence-corrected chi connectivity index (χ1v) is 7.86. The van der Waals surface area contributed by atoms with Gasteiger partial charge in [-0.15, -0.1) is 0 Å². The van der Waals surface area contributed by atoms with E-state index in [2.05, 4.69) is 16.8 Å². The number of ether oxygens (including phenoxy) is 1. The average Bonchev–Trinajstić information content (AvgIpc) is 3.05. The predicted molar refractivity (Wildman–Crippen MR) is 80.3 cm³/mol. The third kappa shape index (κ3) is 2.81. The average molecular weight is 300 g/mol. The van der Waals surface area contributed by atoms with Gasteiger partial charge in [0.1, 0.15) is 6.26 Å². The first-order chi connectivity index (χ1) is 10.8. The Morgan fingerprint density at radius 3 is 3.00 bits per heavy atom. The molecule has 0 bridgehead atoms. The lowest BCUT2D eigenvalue weighted by Crippen LogP contribution is -2.37. The van der Waals surface area contributed by atoms with Gasteiger partial charge in [-0.1, -0.05) is 0 Å². The summed E-state index contributed by atoms with van der Waals surface area (Å²) < 4.78 is 13.3. The molecule has 5 nitrogen and oxygen atoms in total. The first-order valence-electron chi connectivity index (χ1n) is 7.86. The molecule has 116 valence electrons. The topological polar surface area (TPSA) is 47.6 Å². The molecule has 1 amide bonds. The van der Waals surface area contributed by atoms with Crippen LogP contribution in [-0.4, -0.2) is 34.6 Å². The molecule has 2 aromatic rings. The van der Waals surface area contributed by atoms with Gasteiger partial charge >= 0.3 is 0 Å². The van der Waals surface area contributed by atoms with E-state index in [0.29, 0.717) is 18.7 Å². The van der Waals surface area contributed by atoms with Crippen molar-refractivity contribution in [3.8, 4) is 0 Å². The molecule has 0 radical (unpaired) electrons. The maximum absolute atomic E-state index is 12.6. The maximum Gasteiger partial charge on any atom is 0.257 e. The van der Waals surface area contributed by atoms with Crippen LogP contribution in [0.3, 0.4) is 0 Å². The summed E-state index contributed by atoms with van der Waals surface area (Å²) in [7, 11) is 0. The van der Waals surface area contributed by atoms with Crippen LogP contribution < -0.4 is 0 Å². The number of carbonyl (C=O) groups excluding carboxylic acids is 1. The molecule has 2 aliphatic rings. The molecular formula is C17H20N2O3. The van der Waals surface area contributed by atoms with Gasteiger partial charge in [0.25, 0.3) is 5.91 Å². The smallest absolute Gasteiger partial charge is 0.257 e. The highest BCUT2D eigenvalue weighted by Gasteiger charge is 2.28. The molecule has 1 aliphatic carbocycles. The minimum absolute atomic E-state index is 0.00317. The Morgan fingerprint density at radius 2 is 2.23 bits per heavy atom. The van der Waals surface area contributed by atoms with E-state index in [1.807, 2.05) is 11.0 Å². The molecule has 5 heteroatoms. The number of rotatable bonds is 4. The standard InChI is InChI=1S/C17H20N2O3/c20-17(14-5-7-21-12-14)19-8-15-2-1-6-18(15)9-16(10-19)22-11-13-3-4-13/h1-2,5-7,12-13,16H,3-4,8-11H2.